The van der Waals surface area contributed by atoms with Crippen molar-refractivity contribution in [2.45, 2.75) is 6.92 Å². The lowest BCUT2D eigenvalue weighted by molar-refractivity contribution is -0.307. The molecule has 0 saturated carbocycles. The molecular weight excluding hydrogens is 280 g/mol. The van der Waals surface area contributed by atoms with E-state index < -0.39 is 18.7 Å². The number of rotatable bonds is 6. The van der Waals surface area contributed by atoms with E-state index in [-0.39, 0.29) is 5.75 Å². The molecule has 0 atom stereocenters. The summed E-state index contributed by atoms with van der Waals surface area (Å²) in [6, 6.07) is 4.78. The summed E-state index contributed by atoms with van der Waals surface area (Å²) in [6.07, 6.45) is -0.685. The fourth-order valence-electron chi connectivity index (χ4n) is 1.39. The van der Waals surface area contributed by atoms with Crippen LogP contribution in [0.4, 0.5) is 4.79 Å². The zero-order valence-corrected chi connectivity index (χ0v) is 11.8. The van der Waals surface area contributed by atoms with Gasteiger partial charge in [0.1, 0.15) is 6.61 Å². The highest BCUT2D eigenvalue weighted by molar-refractivity contribution is 5.99. The van der Waals surface area contributed by atoms with Crippen LogP contribution in [0.1, 0.15) is 12.5 Å². The molecule has 0 unspecified atom stereocenters. The predicted molar refractivity (Wildman–Crippen MR) is 71.2 cm³/mol. The number of hydrazone groups is 1. The molecule has 0 aliphatic heterocycles. The van der Waals surface area contributed by atoms with Gasteiger partial charge in [-0.3, -0.25) is 0 Å². The van der Waals surface area contributed by atoms with Crippen molar-refractivity contribution < 1.29 is 28.9 Å². The highest BCUT2D eigenvalue weighted by atomic mass is 16.5. The Hall–Kier alpha value is -2.77. The second kappa shape index (κ2) is 7.73. The number of carbonyl (C=O) groups is 2. The van der Waals surface area contributed by atoms with Crippen LogP contribution >= 0.6 is 0 Å². The SMILES string of the molecule is COC(=O)N/N=C(/C)c1ccc(OCC(=O)[O-])c(OC)c1. The third-order valence-corrected chi connectivity index (χ3v) is 2.43. The molecule has 1 amide bonds. The lowest BCUT2D eigenvalue weighted by Crippen LogP contribution is -2.29. The highest BCUT2D eigenvalue weighted by Crippen LogP contribution is 2.28. The number of benzene rings is 1. The van der Waals surface area contributed by atoms with Crippen molar-refractivity contribution >= 4 is 17.8 Å². The lowest BCUT2D eigenvalue weighted by atomic mass is 10.1. The van der Waals surface area contributed by atoms with Crippen LogP contribution in [0, 0.1) is 0 Å². The van der Waals surface area contributed by atoms with E-state index in [2.05, 4.69) is 15.3 Å². The van der Waals surface area contributed by atoms with E-state index in [1.165, 1.54) is 20.3 Å². The van der Waals surface area contributed by atoms with E-state index in [0.717, 1.165) is 0 Å². The molecule has 1 aromatic rings. The third-order valence-electron chi connectivity index (χ3n) is 2.43. The summed E-state index contributed by atoms with van der Waals surface area (Å²) >= 11 is 0. The van der Waals surface area contributed by atoms with Crippen molar-refractivity contribution in [1.29, 1.82) is 0 Å². The van der Waals surface area contributed by atoms with Gasteiger partial charge in [0.15, 0.2) is 11.5 Å². The number of nitrogens with zero attached hydrogens (tertiary/aromatic N) is 1. The maximum atomic E-state index is 10.9. The van der Waals surface area contributed by atoms with Gasteiger partial charge >= 0.3 is 6.09 Å². The Labute approximate surface area is 121 Å². The van der Waals surface area contributed by atoms with Crippen molar-refractivity contribution in [3.05, 3.63) is 23.8 Å². The number of methoxy groups -OCH3 is 2. The molecular formula is C13H15N2O6-. The van der Waals surface area contributed by atoms with Crippen molar-refractivity contribution in [3.63, 3.8) is 0 Å². The van der Waals surface area contributed by atoms with Crippen LogP contribution in [0.15, 0.2) is 23.3 Å². The first kappa shape index (κ1) is 16.3. The molecule has 8 nitrogen and oxygen atoms in total. The van der Waals surface area contributed by atoms with Gasteiger partial charge in [0.05, 0.1) is 25.9 Å². The van der Waals surface area contributed by atoms with E-state index in [1.807, 2.05) is 0 Å². The maximum absolute atomic E-state index is 10.9. The Kier molecular flexibility index (Phi) is 5.99. The largest absolute Gasteiger partial charge is 0.546 e. The number of hydrogen-bond acceptors (Lipinski definition) is 7. The van der Waals surface area contributed by atoms with Crippen LogP contribution in [-0.4, -0.2) is 38.6 Å². The van der Waals surface area contributed by atoms with Gasteiger partial charge in [0, 0.05) is 5.56 Å². The van der Waals surface area contributed by atoms with Gasteiger partial charge in [-0.15, -0.1) is 0 Å². The van der Waals surface area contributed by atoms with Gasteiger partial charge in [0.25, 0.3) is 0 Å². The van der Waals surface area contributed by atoms with Crippen molar-refractivity contribution in [1.82, 2.24) is 5.43 Å². The first-order chi connectivity index (χ1) is 9.97. The average molecular weight is 295 g/mol. The fraction of sp³-hybridized carbons (Fsp3) is 0.308. The maximum Gasteiger partial charge on any atom is 0.427 e. The van der Waals surface area contributed by atoms with Crippen molar-refractivity contribution in [2.24, 2.45) is 5.10 Å². The van der Waals surface area contributed by atoms with E-state index in [4.69, 9.17) is 9.47 Å². The molecule has 0 spiro atoms. The second-order valence-electron chi connectivity index (χ2n) is 3.83. The van der Waals surface area contributed by atoms with Gasteiger partial charge in [-0.2, -0.15) is 5.10 Å². The minimum atomic E-state index is -1.33. The van der Waals surface area contributed by atoms with E-state index in [0.29, 0.717) is 17.0 Å². The topological polar surface area (TPSA) is 109 Å². The summed E-state index contributed by atoms with van der Waals surface area (Å²) < 4.78 is 14.5. The molecule has 0 aromatic heterocycles. The predicted octanol–water partition coefficient (Wildman–Crippen LogP) is -0.0961. The van der Waals surface area contributed by atoms with Crippen molar-refractivity contribution in [3.8, 4) is 11.5 Å². The number of aliphatic carboxylic acids is 1. The Morgan fingerprint density at radius 2 is 2.00 bits per heavy atom. The van der Waals surface area contributed by atoms with Gasteiger partial charge in [-0.05, 0) is 25.1 Å². The molecule has 0 aliphatic carbocycles. The van der Waals surface area contributed by atoms with Crippen LogP contribution in [0.3, 0.4) is 0 Å². The molecule has 0 saturated heterocycles. The van der Waals surface area contributed by atoms with Crippen LogP contribution < -0.4 is 20.0 Å². The molecule has 1 rings (SSSR count). The molecule has 0 heterocycles. The fourth-order valence-corrected chi connectivity index (χ4v) is 1.39. The Morgan fingerprint density at radius 1 is 1.29 bits per heavy atom. The molecule has 0 radical (unpaired) electrons. The monoisotopic (exact) mass is 295 g/mol. The molecule has 0 bridgehead atoms. The summed E-state index contributed by atoms with van der Waals surface area (Å²) in [5.41, 5.74) is 3.35. The molecule has 1 N–H and O–H groups in total. The van der Waals surface area contributed by atoms with Crippen LogP contribution in [0.25, 0.3) is 0 Å². The second-order valence-corrected chi connectivity index (χ2v) is 3.83. The Bertz CT molecular complexity index is 556. The van der Waals surface area contributed by atoms with Gasteiger partial charge in [-0.25, -0.2) is 10.2 Å². The van der Waals surface area contributed by atoms with Crippen molar-refractivity contribution in [2.75, 3.05) is 20.8 Å². The zero-order chi connectivity index (χ0) is 15.8. The van der Waals surface area contributed by atoms with E-state index in [1.54, 1.807) is 19.1 Å². The number of amides is 1. The molecule has 1 aromatic carbocycles. The number of ether oxygens (including phenoxy) is 3. The van der Waals surface area contributed by atoms with Crippen LogP contribution in [0.2, 0.25) is 0 Å². The minimum absolute atomic E-state index is 0.263. The van der Waals surface area contributed by atoms with Crippen LogP contribution in [0.5, 0.6) is 11.5 Å². The van der Waals surface area contributed by atoms with E-state index in [9.17, 15) is 14.7 Å². The molecule has 0 aliphatic rings. The normalized spacial score (nSPS) is 10.7. The third kappa shape index (κ3) is 5.01. The van der Waals surface area contributed by atoms with Gasteiger partial charge < -0.3 is 24.1 Å². The summed E-state index contributed by atoms with van der Waals surface area (Å²) in [5.74, 6) is -0.735. The number of carbonyl (C=O) groups excluding carboxylic acids is 2. The quantitative estimate of drug-likeness (QED) is 0.580. The molecule has 21 heavy (non-hydrogen) atoms. The molecule has 0 fully saturated rings. The number of nitrogens with one attached hydrogen (secondary N) is 1. The summed E-state index contributed by atoms with van der Waals surface area (Å²) in [5, 5.41) is 14.2. The number of hydrogen-bond donors (Lipinski definition) is 1. The zero-order valence-electron chi connectivity index (χ0n) is 11.8. The minimum Gasteiger partial charge on any atom is -0.546 e. The van der Waals surface area contributed by atoms with Gasteiger partial charge in [-0.1, -0.05) is 0 Å². The van der Waals surface area contributed by atoms with Gasteiger partial charge in [0.2, 0.25) is 0 Å². The number of carboxylic acids is 1. The average Bonchev–Trinajstić information content (AvgIpc) is 2.49. The first-order valence-corrected chi connectivity index (χ1v) is 5.87. The Morgan fingerprint density at radius 3 is 2.57 bits per heavy atom. The first-order valence-electron chi connectivity index (χ1n) is 5.87. The van der Waals surface area contributed by atoms with Crippen LogP contribution in [-0.2, 0) is 9.53 Å². The summed E-state index contributed by atoms with van der Waals surface area (Å²) in [7, 11) is 2.65. The molecule has 114 valence electrons. The lowest BCUT2D eigenvalue weighted by Gasteiger charge is -2.12. The standard InChI is InChI=1S/C13H16N2O6/c1-8(14-15-13(18)20-3)9-4-5-10(11(6-9)19-2)21-7-12(16)17/h4-6H,7H2,1-3H3,(H,15,18)(H,16,17)/p-1/b14-8-. The highest BCUT2D eigenvalue weighted by Gasteiger charge is 2.08. The molecule has 8 heteroatoms. The van der Waals surface area contributed by atoms with E-state index >= 15 is 0 Å². The smallest absolute Gasteiger partial charge is 0.427 e. The number of carboxylic acid groups (broad SMARTS) is 1. The summed E-state index contributed by atoms with van der Waals surface area (Å²) in [4.78, 5) is 21.3. The summed E-state index contributed by atoms with van der Waals surface area (Å²) in [6.45, 7) is 1.10. The Balaban J connectivity index is 2.90.